The van der Waals surface area contributed by atoms with Gasteiger partial charge in [0.1, 0.15) is 0 Å². The number of nitrogens with zero attached hydrogens (tertiary/aromatic N) is 2. The molecule has 1 aromatic rings. The van der Waals surface area contributed by atoms with E-state index in [1.807, 2.05) is 0 Å². The molecule has 24 heavy (non-hydrogen) atoms. The van der Waals surface area contributed by atoms with Crippen LogP contribution in [0, 0.1) is 12.5 Å². The number of ether oxygens (including phenoxy) is 1. The van der Waals surface area contributed by atoms with Crippen molar-refractivity contribution in [2.24, 2.45) is 5.92 Å². The predicted octanol–water partition coefficient (Wildman–Crippen LogP) is 4.21. The van der Waals surface area contributed by atoms with Crippen molar-refractivity contribution in [1.82, 2.24) is 0 Å². The Balaban J connectivity index is 1.88. The quantitative estimate of drug-likeness (QED) is 0.651. The second-order valence-corrected chi connectivity index (χ2v) is 7.66. The minimum absolute atomic E-state index is 0.311. The van der Waals surface area contributed by atoms with Gasteiger partial charge in [-0.15, -0.1) is 0 Å². The fourth-order valence-electron chi connectivity index (χ4n) is 3.92. The molecule has 4 nitrogen and oxygen atoms in total. The summed E-state index contributed by atoms with van der Waals surface area (Å²) in [4.78, 5) is 6.38. The summed E-state index contributed by atoms with van der Waals surface area (Å²) in [6, 6.07) is 6.83. The van der Waals surface area contributed by atoms with Gasteiger partial charge >= 0.3 is 0 Å². The lowest BCUT2D eigenvalue weighted by molar-refractivity contribution is 0.0839. The Morgan fingerprint density at radius 3 is 2.54 bits per heavy atom. The van der Waals surface area contributed by atoms with Crippen LogP contribution in [0.15, 0.2) is 18.2 Å². The second kappa shape index (κ2) is 7.03. The molecule has 1 aromatic carbocycles. The third kappa shape index (κ3) is 3.23. The van der Waals surface area contributed by atoms with Gasteiger partial charge in [-0.05, 0) is 43.4 Å². The van der Waals surface area contributed by atoms with Crippen molar-refractivity contribution in [3.05, 3.63) is 35.2 Å². The molecule has 3 rings (SSSR count). The molecule has 2 N–H and O–H groups in total. The van der Waals surface area contributed by atoms with Gasteiger partial charge in [-0.2, -0.15) is 0 Å². The maximum atomic E-state index is 7.57. The molecule has 0 amide bonds. The van der Waals surface area contributed by atoms with Gasteiger partial charge < -0.3 is 20.2 Å². The summed E-state index contributed by atoms with van der Waals surface area (Å²) in [7, 11) is 0. The minimum Gasteiger partial charge on any atom is -0.397 e. The molecule has 0 spiro atoms. The average molecular weight is 327 g/mol. The second-order valence-electron chi connectivity index (χ2n) is 7.66. The summed E-state index contributed by atoms with van der Waals surface area (Å²) in [5.41, 5.74) is 9.18. The molecule has 1 aliphatic heterocycles. The van der Waals surface area contributed by atoms with Gasteiger partial charge in [0.2, 0.25) is 0 Å². The largest absolute Gasteiger partial charge is 0.397 e. The van der Waals surface area contributed by atoms with Crippen LogP contribution in [0.2, 0.25) is 0 Å². The maximum absolute atomic E-state index is 7.57. The van der Waals surface area contributed by atoms with E-state index in [1.54, 1.807) is 0 Å². The minimum atomic E-state index is -0.311. The number of nitrogens with two attached hydrogens (primary N) is 1. The molecule has 0 bridgehead atoms. The zero-order chi connectivity index (χ0) is 17.2. The Kier molecular flexibility index (Phi) is 5.01. The molecule has 130 valence electrons. The SMILES string of the molecule is [C-]#[N+]C1(c2ccc(N(CC(C)C)C3CCOCC3)c(N)c2)CCC1. The zero-order valence-electron chi connectivity index (χ0n) is 14.9. The van der Waals surface area contributed by atoms with Gasteiger partial charge in [-0.3, -0.25) is 0 Å². The van der Waals surface area contributed by atoms with Crippen LogP contribution in [0.25, 0.3) is 4.85 Å². The highest BCUT2D eigenvalue weighted by molar-refractivity contribution is 5.70. The smallest absolute Gasteiger partial charge is 0.257 e. The summed E-state index contributed by atoms with van der Waals surface area (Å²) < 4.78 is 5.53. The zero-order valence-corrected chi connectivity index (χ0v) is 14.9. The fraction of sp³-hybridized carbons (Fsp3) is 0.650. The first-order valence-corrected chi connectivity index (χ1v) is 9.19. The predicted molar refractivity (Wildman–Crippen MR) is 99.0 cm³/mol. The molecule has 0 radical (unpaired) electrons. The molecule has 2 fully saturated rings. The molecule has 1 saturated carbocycles. The van der Waals surface area contributed by atoms with Crippen LogP contribution >= 0.6 is 0 Å². The summed E-state index contributed by atoms with van der Waals surface area (Å²) in [5.74, 6) is 0.577. The number of nitrogen functional groups attached to an aromatic ring is 1. The average Bonchev–Trinajstić information content (AvgIpc) is 2.53. The van der Waals surface area contributed by atoms with E-state index in [2.05, 4.69) is 41.8 Å². The molecule has 1 heterocycles. The normalized spacial score (nSPS) is 20.4. The van der Waals surface area contributed by atoms with Crippen molar-refractivity contribution in [2.45, 2.75) is 57.5 Å². The number of anilines is 2. The number of rotatable bonds is 5. The fourth-order valence-corrected chi connectivity index (χ4v) is 3.92. The van der Waals surface area contributed by atoms with Crippen LogP contribution < -0.4 is 10.6 Å². The molecule has 4 heteroatoms. The van der Waals surface area contributed by atoms with E-state index < -0.39 is 0 Å². The van der Waals surface area contributed by atoms with E-state index in [9.17, 15) is 0 Å². The van der Waals surface area contributed by atoms with Crippen molar-refractivity contribution in [3.8, 4) is 0 Å². The van der Waals surface area contributed by atoms with E-state index in [-0.39, 0.29) is 5.54 Å². The van der Waals surface area contributed by atoms with E-state index in [4.69, 9.17) is 17.0 Å². The summed E-state index contributed by atoms with van der Waals surface area (Å²) >= 11 is 0. The molecule has 0 unspecified atom stereocenters. The van der Waals surface area contributed by atoms with Crippen LogP contribution in [0.4, 0.5) is 11.4 Å². The van der Waals surface area contributed by atoms with Crippen molar-refractivity contribution in [2.75, 3.05) is 30.4 Å². The highest BCUT2D eigenvalue weighted by Gasteiger charge is 2.45. The molecule has 0 atom stereocenters. The standard InChI is InChI=1S/C20H29N3O/c1-15(2)14-23(17-7-11-24-12-8-17)19-6-5-16(13-18(19)21)20(22-3)9-4-10-20/h5-6,13,15,17H,4,7-12,14,21H2,1-2H3. The van der Waals surface area contributed by atoms with Gasteiger partial charge in [0.05, 0.1) is 11.4 Å². The molecule has 2 aliphatic rings. The molecular weight excluding hydrogens is 298 g/mol. The Hall–Kier alpha value is -1.73. The van der Waals surface area contributed by atoms with Gasteiger partial charge in [0, 0.05) is 44.2 Å². The highest BCUT2D eigenvalue weighted by atomic mass is 16.5. The number of hydrogen-bond donors (Lipinski definition) is 1. The Bertz CT molecular complexity index is 610. The van der Waals surface area contributed by atoms with Crippen LogP contribution in [-0.4, -0.2) is 25.8 Å². The number of benzene rings is 1. The highest BCUT2D eigenvalue weighted by Crippen LogP contribution is 2.46. The van der Waals surface area contributed by atoms with Crippen molar-refractivity contribution >= 4 is 11.4 Å². The third-order valence-electron chi connectivity index (χ3n) is 5.46. The Labute approximate surface area is 145 Å². The summed E-state index contributed by atoms with van der Waals surface area (Å²) in [6.07, 6.45) is 5.18. The maximum Gasteiger partial charge on any atom is 0.257 e. The van der Waals surface area contributed by atoms with Crippen LogP contribution in [0.3, 0.4) is 0 Å². The van der Waals surface area contributed by atoms with Gasteiger partial charge in [0.25, 0.3) is 5.54 Å². The van der Waals surface area contributed by atoms with Gasteiger partial charge in [-0.25, -0.2) is 6.57 Å². The third-order valence-corrected chi connectivity index (χ3v) is 5.46. The van der Waals surface area contributed by atoms with E-state index in [0.717, 1.165) is 68.8 Å². The lowest BCUT2D eigenvalue weighted by atomic mass is 9.72. The first kappa shape index (κ1) is 17.1. The van der Waals surface area contributed by atoms with E-state index in [0.29, 0.717) is 12.0 Å². The topological polar surface area (TPSA) is 42.9 Å². The van der Waals surface area contributed by atoms with Gasteiger partial charge in [0.15, 0.2) is 0 Å². The molecule has 1 saturated heterocycles. The molecular formula is C20H29N3O. The Morgan fingerprint density at radius 2 is 2.04 bits per heavy atom. The van der Waals surface area contributed by atoms with Crippen LogP contribution in [0.5, 0.6) is 0 Å². The summed E-state index contributed by atoms with van der Waals surface area (Å²) in [5, 5.41) is 0. The van der Waals surface area contributed by atoms with Crippen molar-refractivity contribution in [1.29, 1.82) is 0 Å². The van der Waals surface area contributed by atoms with Crippen molar-refractivity contribution < 1.29 is 4.74 Å². The lowest BCUT2D eigenvalue weighted by Crippen LogP contribution is -2.42. The summed E-state index contributed by atoms with van der Waals surface area (Å²) in [6.45, 7) is 14.7. The van der Waals surface area contributed by atoms with Crippen molar-refractivity contribution in [3.63, 3.8) is 0 Å². The first-order chi connectivity index (χ1) is 11.6. The van der Waals surface area contributed by atoms with E-state index in [1.165, 1.54) is 0 Å². The van der Waals surface area contributed by atoms with Gasteiger partial charge in [-0.1, -0.05) is 13.8 Å². The van der Waals surface area contributed by atoms with Crippen LogP contribution in [0.1, 0.15) is 51.5 Å². The van der Waals surface area contributed by atoms with E-state index >= 15 is 0 Å². The molecule has 1 aliphatic carbocycles. The lowest BCUT2D eigenvalue weighted by Gasteiger charge is -2.38. The monoisotopic (exact) mass is 327 g/mol. The number of hydrogen-bond acceptors (Lipinski definition) is 3. The van der Waals surface area contributed by atoms with Crippen LogP contribution in [-0.2, 0) is 10.3 Å². The first-order valence-electron chi connectivity index (χ1n) is 9.19. The Morgan fingerprint density at radius 1 is 1.33 bits per heavy atom. The molecule has 0 aromatic heterocycles.